The van der Waals surface area contributed by atoms with Gasteiger partial charge in [0.05, 0.1) is 31.5 Å². The normalized spacial score (nSPS) is 17.2. The second-order valence-corrected chi connectivity index (χ2v) is 10.0. The minimum Gasteiger partial charge on any atom is -0.447 e. The lowest BCUT2D eigenvalue weighted by atomic mass is 9.75. The number of nitrogens with zero attached hydrogens (tertiary/aromatic N) is 4. The average Bonchev–Trinajstić information content (AvgIpc) is 3.32. The number of carbonyl (C=O) groups is 3. The van der Waals surface area contributed by atoms with E-state index in [9.17, 15) is 19.5 Å². The second kappa shape index (κ2) is 11.0. The summed E-state index contributed by atoms with van der Waals surface area (Å²) in [4.78, 5) is 46.9. The van der Waals surface area contributed by atoms with E-state index in [2.05, 4.69) is 0 Å². The summed E-state index contributed by atoms with van der Waals surface area (Å²) in [7, 11) is 0. The Morgan fingerprint density at radius 3 is 2.54 bits per heavy atom. The SMILES string of the molecule is CC.CC(C)OC(=O)N1CC2(C1)C(=O)N(Cc1nc3c(n1CC(=O)CCO)CCCC3)c1ccccc12. The molecular formula is C28H38N4O5. The van der Waals surface area contributed by atoms with Gasteiger partial charge in [0.1, 0.15) is 11.2 Å². The molecule has 37 heavy (non-hydrogen) atoms. The molecule has 0 radical (unpaired) electrons. The van der Waals surface area contributed by atoms with E-state index in [0.29, 0.717) is 5.82 Å². The molecule has 0 unspecified atom stereocenters. The molecule has 9 nitrogen and oxygen atoms in total. The number of aliphatic hydroxyl groups is 1. The van der Waals surface area contributed by atoms with Crippen LogP contribution in [0.3, 0.4) is 0 Å². The lowest BCUT2D eigenvalue weighted by molar-refractivity contribution is -0.128. The summed E-state index contributed by atoms with van der Waals surface area (Å²) in [6.45, 7) is 8.41. The van der Waals surface area contributed by atoms with Crippen molar-refractivity contribution in [3.8, 4) is 0 Å². The number of hydrogen-bond donors (Lipinski definition) is 1. The van der Waals surface area contributed by atoms with E-state index in [1.165, 1.54) is 0 Å². The maximum Gasteiger partial charge on any atom is 0.410 e. The molecule has 1 N–H and O–H groups in total. The van der Waals surface area contributed by atoms with E-state index in [1.807, 2.05) is 42.7 Å². The van der Waals surface area contributed by atoms with E-state index in [4.69, 9.17) is 9.72 Å². The summed E-state index contributed by atoms with van der Waals surface area (Å²) in [5, 5.41) is 9.21. The number of benzene rings is 1. The number of rotatable bonds is 7. The van der Waals surface area contributed by atoms with Crippen molar-refractivity contribution in [1.82, 2.24) is 14.5 Å². The maximum atomic E-state index is 13.9. The van der Waals surface area contributed by atoms with Crippen molar-refractivity contribution in [3.05, 3.63) is 47.0 Å². The number of amides is 2. The van der Waals surface area contributed by atoms with Gasteiger partial charge in [0.15, 0.2) is 5.78 Å². The molecule has 1 aromatic carbocycles. The van der Waals surface area contributed by atoms with Crippen LogP contribution in [-0.4, -0.2) is 63.1 Å². The molecule has 5 rings (SSSR count). The standard InChI is InChI=1S/C26H32N4O5.C2H6/c1-17(2)35-25(34)28-15-26(16-28)19-7-3-5-9-21(19)30(24(26)33)14-23-27-20-8-4-6-10-22(20)29(23)13-18(32)11-12-31;1-2/h3,5,7,9,17,31H,4,6,8,10-16H2,1-2H3;1-2H3. The van der Waals surface area contributed by atoms with E-state index >= 15 is 0 Å². The number of likely N-dealkylation sites (tertiary alicyclic amines) is 1. The number of imidazole rings is 1. The van der Waals surface area contributed by atoms with E-state index in [-0.39, 0.29) is 57.0 Å². The Bertz CT molecular complexity index is 1170. The zero-order valence-corrected chi connectivity index (χ0v) is 22.3. The number of ether oxygens (including phenoxy) is 1. The lowest BCUT2D eigenvalue weighted by Gasteiger charge is -2.46. The largest absolute Gasteiger partial charge is 0.447 e. The zero-order chi connectivity index (χ0) is 26.7. The predicted molar refractivity (Wildman–Crippen MR) is 139 cm³/mol. The first-order chi connectivity index (χ1) is 17.8. The van der Waals surface area contributed by atoms with Gasteiger partial charge in [-0.2, -0.15) is 0 Å². The number of ketones is 1. The number of aryl methyl sites for hydroxylation is 1. The molecule has 3 aliphatic rings. The third-order valence-corrected chi connectivity index (χ3v) is 7.22. The predicted octanol–water partition coefficient (Wildman–Crippen LogP) is 3.38. The Morgan fingerprint density at radius 1 is 1.14 bits per heavy atom. The van der Waals surface area contributed by atoms with Crippen LogP contribution in [0.1, 0.15) is 69.7 Å². The molecule has 0 bridgehead atoms. The molecule has 2 aliphatic heterocycles. The highest BCUT2D eigenvalue weighted by molar-refractivity contribution is 6.09. The minimum atomic E-state index is -0.781. The summed E-state index contributed by atoms with van der Waals surface area (Å²) in [6.07, 6.45) is 3.30. The third kappa shape index (κ3) is 4.89. The number of aliphatic hydroxyl groups excluding tert-OH is 1. The summed E-state index contributed by atoms with van der Waals surface area (Å²) in [5.41, 5.74) is 3.03. The Hall–Kier alpha value is -3.20. The van der Waals surface area contributed by atoms with E-state index in [1.54, 1.807) is 23.6 Å². The van der Waals surface area contributed by atoms with Gasteiger partial charge in [-0.1, -0.05) is 32.0 Å². The van der Waals surface area contributed by atoms with Crippen molar-refractivity contribution in [3.63, 3.8) is 0 Å². The van der Waals surface area contributed by atoms with Gasteiger partial charge in [-0.25, -0.2) is 9.78 Å². The van der Waals surface area contributed by atoms with Crippen LogP contribution in [0.2, 0.25) is 0 Å². The Kier molecular flexibility index (Phi) is 8.02. The molecule has 2 aromatic rings. The van der Waals surface area contributed by atoms with Gasteiger partial charge >= 0.3 is 6.09 Å². The van der Waals surface area contributed by atoms with Crippen LogP contribution in [0.15, 0.2) is 24.3 Å². The van der Waals surface area contributed by atoms with Gasteiger partial charge in [0, 0.05) is 30.9 Å². The number of fused-ring (bicyclic) bond motifs is 3. The van der Waals surface area contributed by atoms with Gasteiger partial charge in [0.2, 0.25) is 5.91 Å². The van der Waals surface area contributed by atoms with E-state index < -0.39 is 11.5 Å². The smallest absolute Gasteiger partial charge is 0.410 e. The van der Waals surface area contributed by atoms with Crippen LogP contribution in [0, 0.1) is 0 Å². The highest BCUT2D eigenvalue weighted by atomic mass is 16.6. The fourth-order valence-corrected chi connectivity index (χ4v) is 5.56. The number of anilines is 1. The average molecular weight is 511 g/mol. The topological polar surface area (TPSA) is 105 Å². The van der Waals surface area contributed by atoms with Gasteiger partial charge in [-0.3, -0.25) is 9.59 Å². The molecule has 1 aliphatic carbocycles. The van der Waals surface area contributed by atoms with Gasteiger partial charge in [0.25, 0.3) is 0 Å². The maximum absolute atomic E-state index is 13.9. The fourth-order valence-electron chi connectivity index (χ4n) is 5.56. The van der Waals surface area contributed by atoms with Crippen LogP contribution in [0.4, 0.5) is 10.5 Å². The number of para-hydroxylation sites is 1. The Labute approximate surface area is 218 Å². The first kappa shape index (κ1) is 26.9. The minimum absolute atomic E-state index is 0.0533. The van der Waals surface area contributed by atoms with Crippen molar-refractivity contribution in [2.75, 3.05) is 24.6 Å². The van der Waals surface area contributed by atoms with Crippen LogP contribution in [-0.2, 0) is 45.7 Å². The summed E-state index contributed by atoms with van der Waals surface area (Å²) in [6, 6.07) is 7.71. The highest BCUT2D eigenvalue weighted by Crippen LogP contribution is 2.48. The number of Topliss-reactive ketones (excluding diaryl/α,β-unsaturated/α-hetero) is 1. The monoisotopic (exact) mass is 510 g/mol. The lowest BCUT2D eigenvalue weighted by Crippen LogP contribution is -2.65. The molecule has 3 heterocycles. The summed E-state index contributed by atoms with van der Waals surface area (Å²) in [5.74, 6) is 0.586. The zero-order valence-electron chi connectivity index (χ0n) is 22.3. The molecule has 1 spiro atoms. The number of aromatic nitrogens is 2. The molecule has 0 atom stereocenters. The van der Waals surface area contributed by atoms with Crippen LogP contribution < -0.4 is 4.90 Å². The molecule has 2 amide bonds. The molecule has 0 saturated carbocycles. The van der Waals surface area contributed by atoms with Crippen molar-refractivity contribution in [1.29, 1.82) is 0 Å². The van der Waals surface area contributed by atoms with Crippen molar-refractivity contribution >= 4 is 23.5 Å². The first-order valence-corrected chi connectivity index (χ1v) is 13.4. The van der Waals surface area contributed by atoms with Gasteiger partial charge in [-0.15, -0.1) is 0 Å². The molecule has 1 fully saturated rings. The molecule has 1 aromatic heterocycles. The van der Waals surface area contributed by atoms with E-state index in [0.717, 1.165) is 48.3 Å². The van der Waals surface area contributed by atoms with Crippen LogP contribution in [0.5, 0.6) is 0 Å². The Morgan fingerprint density at radius 2 is 1.84 bits per heavy atom. The number of hydrogen-bond acceptors (Lipinski definition) is 6. The Balaban J connectivity index is 0.00000156. The van der Waals surface area contributed by atoms with Crippen molar-refractivity contribution in [2.24, 2.45) is 0 Å². The summed E-state index contributed by atoms with van der Waals surface area (Å²) >= 11 is 0. The number of carbonyl (C=O) groups excluding carboxylic acids is 3. The molecule has 200 valence electrons. The first-order valence-electron chi connectivity index (χ1n) is 13.4. The quantitative estimate of drug-likeness (QED) is 0.612. The molecular weight excluding hydrogens is 472 g/mol. The highest BCUT2D eigenvalue weighted by Gasteiger charge is 2.59. The van der Waals surface area contributed by atoms with Crippen LogP contribution in [0.25, 0.3) is 0 Å². The fraction of sp³-hybridized carbons (Fsp3) is 0.571. The van der Waals surface area contributed by atoms with Gasteiger partial charge in [-0.05, 0) is 51.2 Å². The third-order valence-electron chi connectivity index (χ3n) is 7.22. The molecule has 9 heteroatoms. The van der Waals surface area contributed by atoms with Gasteiger partial charge < -0.3 is 24.2 Å². The summed E-state index contributed by atoms with van der Waals surface area (Å²) < 4.78 is 7.28. The van der Waals surface area contributed by atoms with Crippen molar-refractivity contribution < 1.29 is 24.2 Å². The van der Waals surface area contributed by atoms with Crippen LogP contribution >= 0.6 is 0 Å². The second-order valence-electron chi connectivity index (χ2n) is 10.0. The van der Waals surface area contributed by atoms with Crippen molar-refractivity contribution in [2.45, 2.75) is 84.4 Å². The molecule has 1 saturated heterocycles.